The van der Waals surface area contributed by atoms with Gasteiger partial charge in [0.05, 0.1) is 23.3 Å². The number of primary amides is 1. The number of thiazole rings is 1. The number of nitrogens with two attached hydrogens (primary N) is 1. The number of para-hydroxylation sites is 1. The van der Waals surface area contributed by atoms with Crippen LogP contribution in [0.2, 0.25) is 0 Å². The molecule has 132 valence electrons. The number of nitrogens with zero attached hydrogens (tertiary/aromatic N) is 3. The summed E-state index contributed by atoms with van der Waals surface area (Å²) in [6.07, 6.45) is 5.94. The maximum atomic E-state index is 13.1. The van der Waals surface area contributed by atoms with Crippen LogP contribution < -0.4 is 5.73 Å². The van der Waals surface area contributed by atoms with E-state index in [1.165, 1.54) is 17.5 Å². The Kier molecular flexibility index (Phi) is 4.38. The lowest BCUT2D eigenvalue weighted by Gasteiger charge is -2.34. The van der Waals surface area contributed by atoms with Crippen LogP contribution in [0.4, 0.5) is 0 Å². The van der Waals surface area contributed by atoms with Crippen molar-refractivity contribution >= 4 is 34.1 Å². The first kappa shape index (κ1) is 16.7. The summed E-state index contributed by atoms with van der Waals surface area (Å²) in [5.41, 5.74) is 6.78. The van der Waals surface area contributed by atoms with Gasteiger partial charge >= 0.3 is 0 Å². The van der Waals surface area contributed by atoms with Gasteiger partial charge < -0.3 is 10.6 Å². The summed E-state index contributed by atoms with van der Waals surface area (Å²) in [5.74, 6) is -0.537. The van der Waals surface area contributed by atoms with Crippen LogP contribution in [0.15, 0.2) is 42.7 Å². The van der Waals surface area contributed by atoms with E-state index in [2.05, 4.69) is 9.97 Å². The molecule has 3 heterocycles. The normalized spacial score (nSPS) is 17.4. The molecule has 1 aliphatic heterocycles. The maximum absolute atomic E-state index is 13.1. The van der Waals surface area contributed by atoms with Crippen molar-refractivity contribution in [2.45, 2.75) is 25.3 Å². The summed E-state index contributed by atoms with van der Waals surface area (Å²) in [6.45, 7) is 0.668. The number of pyridine rings is 1. The molecule has 26 heavy (non-hydrogen) atoms. The van der Waals surface area contributed by atoms with Gasteiger partial charge in [0.1, 0.15) is 9.88 Å². The number of carbonyl (C=O) groups is 2. The number of hydrogen-bond donors (Lipinski definition) is 1. The Morgan fingerprint density at radius 2 is 2.00 bits per heavy atom. The zero-order chi connectivity index (χ0) is 18.1. The molecule has 0 saturated carbocycles. The van der Waals surface area contributed by atoms with E-state index in [-0.39, 0.29) is 11.9 Å². The van der Waals surface area contributed by atoms with Crippen molar-refractivity contribution in [3.8, 4) is 0 Å². The van der Waals surface area contributed by atoms with Crippen molar-refractivity contribution in [1.82, 2.24) is 14.9 Å². The van der Waals surface area contributed by atoms with Crippen molar-refractivity contribution in [3.05, 3.63) is 58.2 Å². The zero-order valence-corrected chi connectivity index (χ0v) is 14.9. The highest BCUT2D eigenvalue weighted by Crippen LogP contribution is 2.34. The summed E-state index contributed by atoms with van der Waals surface area (Å²) in [4.78, 5) is 35.5. The van der Waals surface area contributed by atoms with E-state index in [0.717, 1.165) is 35.2 Å². The molecule has 2 aromatic heterocycles. The molecule has 3 aromatic rings. The Morgan fingerprint density at radius 1 is 1.15 bits per heavy atom. The van der Waals surface area contributed by atoms with Gasteiger partial charge in [0.15, 0.2) is 0 Å². The van der Waals surface area contributed by atoms with Gasteiger partial charge in [-0.05, 0) is 31.4 Å². The molecule has 1 saturated heterocycles. The van der Waals surface area contributed by atoms with Crippen LogP contribution in [-0.4, -0.2) is 33.2 Å². The third-order valence-electron chi connectivity index (χ3n) is 4.65. The van der Waals surface area contributed by atoms with Gasteiger partial charge in [-0.15, -0.1) is 11.3 Å². The van der Waals surface area contributed by atoms with Crippen molar-refractivity contribution < 1.29 is 9.59 Å². The number of fused-ring (bicyclic) bond motifs is 1. The number of likely N-dealkylation sites (tertiary alicyclic amines) is 1. The summed E-state index contributed by atoms with van der Waals surface area (Å²) < 4.78 is 0. The molecule has 0 spiro atoms. The molecule has 7 heteroatoms. The third kappa shape index (κ3) is 3.06. The van der Waals surface area contributed by atoms with Crippen molar-refractivity contribution in [2.24, 2.45) is 5.73 Å². The van der Waals surface area contributed by atoms with Crippen LogP contribution in [0.25, 0.3) is 10.9 Å². The Labute approximate surface area is 154 Å². The Hall–Kier alpha value is -2.80. The minimum atomic E-state index is -0.485. The predicted octanol–water partition coefficient (Wildman–Crippen LogP) is 3.16. The smallest absolute Gasteiger partial charge is 0.260 e. The number of hydrogen-bond acceptors (Lipinski definition) is 5. The molecular weight excluding hydrogens is 348 g/mol. The lowest BCUT2D eigenvalue weighted by molar-refractivity contribution is 0.0611. The summed E-state index contributed by atoms with van der Waals surface area (Å²) in [7, 11) is 0. The lowest BCUT2D eigenvalue weighted by Crippen LogP contribution is -2.38. The van der Waals surface area contributed by atoms with E-state index in [1.807, 2.05) is 35.2 Å². The van der Waals surface area contributed by atoms with Gasteiger partial charge in [0, 0.05) is 18.1 Å². The predicted molar refractivity (Wildman–Crippen MR) is 100 cm³/mol. The highest BCUT2D eigenvalue weighted by atomic mass is 32.1. The molecular formula is C19H18N4O2S. The van der Waals surface area contributed by atoms with Gasteiger partial charge in [-0.25, -0.2) is 4.98 Å². The van der Waals surface area contributed by atoms with Crippen molar-refractivity contribution in [2.75, 3.05) is 6.54 Å². The number of rotatable bonds is 3. The van der Waals surface area contributed by atoms with E-state index in [9.17, 15) is 9.59 Å². The van der Waals surface area contributed by atoms with Crippen molar-refractivity contribution in [3.63, 3.8) is 0 Å². The molecule has 2 N–H and O–H groups in total. The highest BCUT2D eigenvalue weighted by Gasteiger charge is 2.31. The molecule has 1 fully saturated rings. The fraction of sp³-hybridized carbons (Fsp3) is 0.263. The zero-order valence-electron chi connectivity index (χ0n) is 14.1. The van der Waals surface area contributed by atoms with Gasteiger partial charge in [-0.3, -0.25) is 14.6 Å². The number of aromatic nitrogens is 2. The molecule has 2 amide bonds. The maximum Gasteiger partial charge on any atom is 0.260 e. The molecule has 1 atom stereocenters. The number of carbonyl (C=O) groups excluding carboxylic acids is 2. The van der Waals surface area contributed by atoms with Crippen LogP contribution >= 0.6 is 11.3 Å². The molecule has 1 aliphatic rings. The van der Waals surface area contributed by atoms with Crippen LogP contribution in [0.1, 0.15) is 50.3 Å². The van der Waals surface area contributed by atoms with E-state index < -0.39 is 5.91 Å². The molecule has 4 rings (SSSR count). The first-order chi connectivity index (χ1) is 12.6. The summed E-state index contributed by atoms with van der Waals surface area (Å²) in [5, 5.41) is 1.71. The first-order valence-corrected chi connectivity index (χ1v) is 9.36. The SMILES string of the molecule is NC(=O)c1cnc(C2CCCCN2C(=O)c2cnc3ccccc3c2)s1. The minimum absolute atomic E-state index is 0.0521. The Morgan fingerprint density at radius 3 is 2.81 bits per heavy atom. The number of amides is 2. The molecule has 1 aromatic carbocycles. The largest absolute Gasteiger partial charge is 0.365 e. The monoisotopic (exact) mass is 366 g/mol. The molecule has 1 unspecified atom stereocenters. The average molecular weight is 366 g/mol. The van der Waals surface area contributed by atoms with Gasteiger partial charge in [0.2, 0.25) is 0 Å². The molecule has 6 nitrogen and oxygen atoms in total. The molecule has 0 aliphatic carbocycles. The van der Waals surface area contributed by atoms with Crippen LogP contribution in [0, 0.1) is 0 Å². The molecule has 0 bridgehead atoms. The fourth-order valence-corrected chi connectivity index (χ4v) is 4.26. The second-order valence-electron chi connectivity index (χ2n) is 6.35. The average Bonchev–Trinajstić information content (AvgIpc) is 3.17. The third-order valence-corrected chi connectivity index (χ3v) is 5.77. The number of piperidine rings is 1. The van der Waals surface area contributed by atoms with Crippen LogP contribution in [-0.2, 0) is 0 Å². The number of benzene rings is 1. The first-order valence-electron chi connectivity index (χ1n) is 8.55. The summed E-state index contributed by atoms with van der Waals surface area (Å²) >= 11 is 1.27. The topological polar surface area (TPSA) is 89.2 Å². The van der Waals surface area contributed by atoms with Crippen LogP contribution in [0.3, 0.4) is 0 Å². The standard InChI is InChI=1S/C19H18N4O2S/c20-17(24)16-11-22-18(26-16)15-7-3-4-8-23(15)19(25)13-9-12-5-1-2-6-14(12)21-10-13/h1-2,5-6,9-11,15H,3-4,7-8H2,(H2,20,24). The van der Waals surface area contributed by atoms with Gasteiger partial charge in [0.25, 0.3) is 11.8 Å². The lowest BCUT2D eigenvalue weighted by atomic mass is 10.0. The second-order valence-corrected chi connectivity index (χ2v) is 7.42. The minimum Gasteiger partial charge on any atom is -0.365 e. The fourth-order valence-electron chi connectivity index (χ4n) is 3.34. The second kappa shape index (κ2) is 6.84. The molecule has 0 radical (unpaired) electrons. The van der Waals surface area contributed by atoms with E-state index in [0.29, 0.717) is 17.0 Å². The van der Waals surface area contributed by atoms with E-state index in [1.54, 1.807) is 6.20 Å². The van der Waals surface area contributed by atoms with E-state index >= 15 is 0 Å². The quantitative estimate of drug-likeness (QED) is 0.771. The Bertz CT molecular complexity index is 984. The van der Waals surface area contributed by atoms with E-state index in [4.69, 9.17) is 5.73 Å². The highest BCUT2D eigenvalue weighted by molar-refractivity contribution is 7.13. The van der Waals surface area contributed by atoms with Gasteiger partial charge in [-0.2, -0.15) is 0 Å². The summed E-state index contributed by atoms with van der Waals surface area (Å²) in [6, 6.07) is 9.49. The van der Waals surface area contributed by atoms with Gasteiger partial charge in [-0.1, -0.05) is 18.2 Å². The van der Waals surface area contributed by atoms with Crippen molar-refractivity contribution in [1.29, 1.82) is 0 Å². The van der Waals surface area contributed by atoms with Crippen LogP contribution in [0.5, 0.6) is 0 Å². The Balaban J connectivity index is 1.65.